The van der Waals surface area contributed by atoms with Crippen molar-refractivity contribution in [2.75, 3.05) is 18.5 Å². The van der Waals surface area contributed by atoms with Crippen LogP contribution in [0.3, 0.4) is 0 Å². The highest BCUT2D eigenvalue weighted by Crippen LogP contribution is 2.29. The van der Waals surface area contributed by atoms with Crippen LogP contribution in [-0.4, -0.2) is 24.6 Å². The van der Waals surface area contributed by atoms with E-state index in [1.165, 1.54) is 42.1 Å². The molecule has 1 saturated carbocycles. The fourth-order valence-corrected chi connectivity index (χ4v) is 3.29. The quantitative estimate of drug-likeness (QED) is 0.790. The van der Waals surface area contributed by atoms with E-state index in [1.54, 1.807) is 0 Å². The van der Waals surface area contributed by atoms with Gasteiger partial charge in [0.25, 0.3) is 0 Å². The molecular formula is C13H23N3S. The maximum absolute atomic E-state index is 4.54. The van der Waals surface area contributed by atoms with Gasteiger partial charge in [0.05, 0.1) is 0 Å². The fraction of sp³-hybridized carbons (Fsp3) is 0.769. The summed E-state index contributed by atoms with van der Waals surface area (Å²) in [4.78, 5) is 8.27. The second-order valence-electron chi connectivity index (χ2n) is 4.84. The Morgan fingerprint density at radius 1 is 1.47 bits per heavy atom. The summed E-state index contributed by atoms with van der Waals surface area (Å²) in [5.41, 5.74) is 0. The number of nitrogens with zero attached hydrogens (tertiary/aromatic N) is 2. The van der Waals surface area contributed by atoms with Gasteiger partial charge < -0.3 is 10.2 Å². The molecule has 0 aromatic carbocycles. The molecule has 1 N–H and O–H groups in total. The van der Waals surface area contributed by atoms with Crippen molar-refractivity contribution in [1.82, 2.24) is 10.3 Å². The first kappa shape index (κ1) is 12.8. The van der Waals surface area contributed by atoms with Gasteiger partial charge in [0, 0.05) is 30.7 Å². The lowest BCUT2D eigenvalue weighted by atomic mass is 10.2. The molecule has 4 heteroatoms. The molecule has 0 atom stereocenters. The maximum Gasteiger partial charge on any atom is 0.185 e. The Kier molecular flexibility index (Phi) is 4.80. The molecule has 1 aromatic rings. The van der Waals surface area contributed by atoms with Gasteiger partial charge in [-0.3, -0.25) is 0 Å². The molecule has 0 saturated heterocycles. The monoisotopic (exact) mass is 253 g/mol. The topological polar surface area (TPSA) is 28.2 Å². The lowest BCUT2D eigenvalue weighted by molar-refractivity contribution is 0.651. The molecule has 96 valence electrons. The highest BCUT2D eigenvalue weighted by Gasteiger charge is 2.21. The minimum atomic E-state index is 0.720. The van der Waals surface area contributed by atoms with Gasteiger partial charge in [0.2, 0.25) is 0 Å². The zero-order chi connectivity index (χ0) is 12.1. The van der Waals surface area contributed by atoms with E-state index in [-0.39, 0.29) is 0 Å². The molecule has 0 radical (unpaired) electrons. The van der Waals surface area contributed by atoms with Crippen LogP contribution in [0, 0.1) is 0 Å². The molecule has 0 spiro atoms. The van der Waals surface area contributed by atoms with E-state index in [2.05, 4.69) is 29.2 Å². The summed E-state index contributed by atoms with van der Waals surface area (Å²) >= 11 is 1.83. The molecule has 0 amide bonds. The molecule has 0 aliphatic heterocycles. The minimum absolute atomic E-state index is 0.720. The van der Waals surface area contributed by atoms with Crippen LogP contribution < -0.4 is 10.2 Å². The SMILES string of the molecule is CCCNCc1cnc(N(C)C2CCCC2)s1. The lowest BCUT2D eigenvalue weighted by Gasteiger charge is -2.23. The van der Waals surface area contributed by atoms with Crippen molar-refractivity contribution in [2.24, 2.45) is 0 Å². The van der Waals surface area contributed by atoms with Crippen LogP contribution >= 0.6 is 11.3 Å². The predicted octanol–water partition coefficient (Wildman–Crippen LogP) is 3.02. The zero-order valence-electron chi connectivity index (χ0n) is 10.9. The van der Waals surface area contributed by atoms with Crippen LogP contribution in [-0.2, 0) is 6.54 Å². The van der Waals surface area contributed by atoms with Crippen molar-refractivity contribution in [3.8, 4) is 0 Å². The standard InChI is InChI=1S/C13H23N3S/c1-3-8-14-9-12-10-15-13(17-12)16(2)11-6-4-5-7-11/h10-11,14H,3-9H2,1-2H3. The summed E-state index contributed by atoms with van der Waals surface area (Å²) in [6, 6.07) is 0.720. The smallest absolute Gasteiger partial charge is 0.185 e. The average Bonchev–Trinajstić information content (AvgIpc) is 3.00. The highest BCUT2D eigenvalue weighted by atomic mass is 32.1. The zero-order valence-corrected chi connectivity index (χ0v) is 11.7. The summed E-state index contributed by atoms with van der Waals surface area (Å²) in [5.74, 6) is 0. The molecule has 1 aliphatic rings. The second kappa shape index (κ2) is 6.36. The first-order valence-corrected chi connectivity index (χ1v) is 7.51. The van der Waals surface area contributed by atoms with Crippen molar-refractivity contribution in [1.29, 1.82) is 0 Å². The van der Waals surface area contributed by atoms with Gasteiger partial charge in [-0.25, -0.2) is 4.98 Å². The molecule has 1 aliphatic carbocycles. The molecule has 0 bridgehead atoms. The maximum atomic E-state index is 4.54. The summed E-state index contributed by atoms with van der Waals surface area (Å²) < 4.78 is 0. The number of nitrogens with one attached hydrogen (secondary N) is 1. The van der Waals surface area contributed by atoms with Gasteiger partial charge in [-0.15, -0.1) is 11.3 Å². The Hall–Kier alpha value is -0.610. The largest absolute Gasteiger partial charge is 0.348 e. The molecule has 3 nitrogen and oxygen atoms in total. The van der Waals surface area contributed by atoms with Gasteiger partial charge >= 0.3 is 0 Å². The van der Waals surface area contributed by atoms with Crippen molar-refractivity contribution >= 4 is 16.5 Å². The van der Waals surface area contributed by atoms with E-state index < -0.39 is 0 Å². The molecule has 1 fully saturated rings. The van der Waals surface area contributed by atoms with Gasteiger partial charge in [0.1, 0.15) is 0 Å². The molecule has 1 heterocycles. The van der Waals surface area contributed by atoms with E-state index in [0.717, 1.165) is 19.1 Å². The van der Waals surface area contributed by atoms with Crippen LogP contribution in [0.15, 0.2) is 6.20 Å². The van der Waals surface area contributed by atoms with E-state index in [0.29, 0.717) is 0 Å². The van der Waals surface area contributed by atoms with Gasteiger partial charge in [0.15, 0.2) is 5.13 Å². The lowest BCUT2D eigenvalue weighted by Crippen LogP contribution is -2.28. The Morgan fingerprint density at radius 3 is 2.94 bits per heavy atom. The Bertz CT molecular complexity index is 331. The van der Waals surface area contributed by atoms with E-state index in [9.17, 15) is 0 Å². The van der Waals surface area contributed by atoms with Crippen molar-refractivity contribution in [3.05, 3.63) is 11.1 Å². The van der Waals surface area contributed by atoms with E-state index in [1.807, 2.05) is 17.5 Å². The number of thiazole rings is 1. The highest BCUT2D eigenvalue weighted by molar-refractivity contribution is 7.15. The van der Waals surface area contributed by atoms with Crippen molar-refractivity contribution in [3.63, 3.8) is 0 Å². The van der Waals surface area contributed by atoms with Crippen LogP contribution in [0.5, 0.6) is 0 Å². The first-order valence-electron chi connectivity index (χ1n) is 6.69. The third kappa shape index (κ3) is 3.42. The van der Waals surface area contributed by atoms with Crippen molar-refractivity contribution < 1.29 is 0 Å². The third-order valence-electron chi connectivity index (χ3n) is 3.44. The molecule has 2 rings (SSSR count). The normalized spacial score (nSPS) is 16.6. The summed E-state index contributed by atoms with van der Waals surface area (Å²) in [5, 5.41) is 4.61. The number of hydrogen-bond donors (Lipinski definition) is 1. The summed E-state index contributed by atoms with van der Waals surface area (Å²) in [6.45, 7) is 4.24. The van der Waals surface area contributed by atoms with Crippen LogP contribution in [0.25, 0.3) is 0 Å². The summed E-state index contributed by atoms with van der Waals surface area (Å²) in [6.07, 6.45) is 8.64. The predicted molar refractivity (Wildman–Crippen MR) is 74.8 cm³/mol. The van der Waals surface area contributed by atoms with Gasteiger partial charge in [-0.05, 0) is 25.8 Å². The Morgan fingerprint density at radius 2 is 2.24 bits per heavy atom. The van der Waals surface area contributed by atoms with Crippen LogP contribution in [0.4, 0.5) is 5.13 Å². The van der Waals surface area contributed by atoms with Crippen molar-refractivity contribution in [2.45, 2.75) is 51.6 Å². The number of hydrogen-bond acceptors (Lipinski definition) is 4. The molecule has 1 aromatic heterocycles. The van der Waals surface area contributed by atoms with Gasteiger partial charge in [-0.2, -0.15) is 0 Å². The van der Waals surface area contributed by atoms with Crippen LogP contribution in [0.1, 0.15) is 43.9 Å². The first-order chi connectivity index (χ1) is 8.31. The number of rotatable bonds is 6. The second-order valence-corrected chi connectivity index (χ2v) is 5.93. The fourth-order valence-electron chi connectivity index (χ4n) is 2.38. The Balaban J connectivity index is 1.88. The molecule has 17 heavy (non-hydrogen) atoms. The number of anilines is 1. The molecular weight excluding hydrogens is 230 g/mol. The molecule has 0 unspecified atom stereocenters. The van der Waals surface area contributed by atoms with Gasteiger partial charge in [-0.1, -0.05) is 19.8 Å². The average molecular weight is 253 g/mol. The summed E-state index contributed by atoms with van der Waals surface area (Å²) in [7, 11) is 2.19. The number of aromatic nitrogens is 1. The van der Waals surface area contributed by atoms with Crippen LogP contribution in [0.2, 0.25) is 0 Å². The van der Waals surface area contributed by atoms with E-state index >= 15 is 0 Å². The third-order valence-corrected chi connectivity index (χ3v) is 4.53. The van der Waals surface area contributed by atoms with E-state index in [4.69, 9.17) is 0 Å². The minimum Gasteiger partial charge on any atom is -0.348 e. The Labute approximate surface area is 108 Å².